The number of hydrogen-bond acceptors (Lipinski definition) is 5. The number of aromatic nitrogens is 1. The molecule has 0 saturated carbocycles. The standard InChI is InChI=1S/C12H13N3O2/c16-8-9-1-2-10-11(7-9)17-14-12(10)15-5-3-13-4-6-15/h1-2,7-8,13H,3-6H2. The number of hydrogen-bond donors (Lipinski definition) is 1. The van der Waals surface area contributed by atoms with Crippen molar-refractivity contribution in [2.75, 3.05) is 31.1 Å². The quantitative estimate of drug-likeness (QED) is 0.783. The highest BCUT2D eigenvalue weighted by Gasteiger charge is 2.17. The van der Waals surface area contributed by atoms with Gasteiger partial charge >= 0.3 is 0 Å². The number of benzene rings is 1. The zero-order chi connectivity index (χ0) is 11.7. The predicted molar refractivity (Wildman–Crippen MR) is 64.5 cm³/mol. The fraction of sp³-hybridized carbons (Fsp3) is 0.333. The van der Waals surface area contributed by atoms with Crippen LogP contribution >= 0.6 is 0 Å². The Kier molecular flexibility index (Phi) is 2.53. The van der Waals surface area contributed by atoms with E-state index in [0.29, 0.717) is 11.1 Å². The molecule has 1 saturated heterocycles. The molecule has 1 fully saturated rings. The summed E-state index contributed by atoms with van der Waals surface area (Å²) < 4.78 is 5.27. The minimum Gasteiger partial charge on any atom is -0.354 e. The summed E-state index contributed by atoms with van der Waals surface area (Å²) >= 11 is 0. The van der Waals surface area contributed by atoms with Gasteiger partial charge in [0.2, 0.25) is 0 Å². The van der Waals surface area contributed by atoms with E-state index in [4.69, 9.17) is 4.52 Å². The maximum Gasteiger partial charge on any atom is 0.180 e. The van der Waals surface area contributed by atoms with Gasteiger partial charge in [0.15, 0.2) is 11.4 Å². The molecule has 1 aliphatic rings. The van der Waals surface area contributed by atoms with Gasteiger partial charge in [0.05, 0.1) is 5.39 Å². The first kappa shape index (κ1) is 10.3. The molecule has 3 rings (SSSR count). The van der Waals surface area contributed by atoms with E-state index in [2.05, 4.69) is 15.4 Å². The number of piperazine rings is 1. The van der Waals surface area contributed by atoms with Crippen LogP contribution in [0.3, 0.4) is 0 Å². The van der Waals surface area contributed by atoms with Crippen LogP contribution in [0.5, 0.6) is 0 Å². The van der Waals surface area contributed by atoms with Crippen molar-refractivity contribution in [2.45, 2.75) is 0 Å². The van der Waals surface area contributed by atoms with Crippen molar-refractivity contribution in [3.63, 3.8) is 0 Å². The number of nitrogens with one attached hydrogen (secondary N) is 1. The molecule has 0 radical (unpaired) electrons. The summed E-state index contributed by atoms with van der Waals surface area (Å²) in [6.07, 6.45) is 0.812. The summed E-state index contributed by atoms with van der Waals surface area (Å²) in [5.74, 6) is 0.874. The van der Waals surface area contributed by atoms with Crippen LogP contribution in [0.1, 0.15) is 10.4 Å². The fourth-order valence-electron chi connectivity index (χ4n) is 2.12. The Hall–Kier alpha value is -1.88. The highest BCUT2D eigenvalue weighted by molar-refractivity contribution is 5.92. The van der Waals surface area contributed by atoms with Gasteiger partial charge in [-0.1, -0.05) is 11.2 Å². The number of anilines is 1. The number of fused-ring (bicyclic) bond motifs is 1. The molecule has 0 aliphatic carbocycles. The molecule has 1 N–H and O–H groups in total. The first-order valence-corrected chi connectivity index (χ1v) is 5.69. The minimum atomic E-state index is 0.612. The van der Waals surface area contributed by atoms with Crippen molar-refractivity contribution in [1.82, 2.24) is 10.5 Å². The highest BCUT2D eigenvalue weighted by Crippen LogP contribution is 2.26. The molecule has 0 atom stereocenters. The van der Waals surface area contributed by atoms with Gasteiger partial charge in [-0.05, 0) is 12.1 Å². The van der Waals surface area contributed by atoms with Crippen LogP contribution in [0.4, 0.5) is 5.82 Å². The van der Waals surface area contributed by atoms with Crippen molar-refractivity contribution >= 4 is 23.1 Å². The predicted octanol–water partition coefficient (Wildman–Crippen LogP) is 1.05. The zero-order valence-corrected chi connectivity index (χ0v) is 9.35. The van der Waals surface area contributed by atoms with E-state index in [0.717, 1.165) is 43.7 Å². The normalized spacial score (nSPS) is 16.4. The van der Waals surface area contributed by atoms with Crippen LogP contribution in [-0.4, -0.2) is 37.6 Å². The van der Waals surface area contributed by atoms with Gasteiger partial charge < -0.3 is 14.7 Å². The lowest BCUT2D eigenvalue weighted by molar-refractivity contribution is 0.112. The van der Waals surface area contributed by atoms with Crippen LogP contribution in [0, 0.1) is 0 Å². The molecule has 0 spiro atoms. The van der Waals surface area contributed by atoms with Crippen molar-refractivity contribution in [1.29, 1.82) is 0 Å². The van der Waals surface area contributed by atoms with Crippen LogP contribution < -0.4 is 10.2 Å². The number of nitrogens with zero attached hydrogens (tertiary/aromatic N) is 2. The summed E-state index contributed by atoms with van der Waals surface area (Å²) in [6, 6.07) is 5.41. The smallest absolute Gasteiger partial charge is 0.180 e. The van der Waals surface area contributed by atoms with Gasteiger partial charge in [0.25, 0.3) is 0 Å². The van der Waals surface area contributed by atoms with Gasteiger partial charge in [-0.15, -0.1) is 0 Å². The fourth-order valence-corrected chi connectivity index (χ4v) is 2.12. The molecule has 1 aromatic carbocycles. The van der Waals surface area contributed by atoms with Crippen LogP contribution in [0.25, 0.3) is 11.0 Å². The second kappa shape index (κ2) is 4.18. The minimum absolute atomic E-state index is 0.612. The number of rotatable bonds is 2. The second-order valence-corrected chi connectivity index (χ2v) is 4.12. The Morgan fingerprint density at radius 1 is 1.35 bits per heavy atom. The molecule has 0 unspecified atom stereocenters. The van der Waals surface area contributed by atoms with Crippen molar-refractivity contribution < 1.29 is 9.32 Å². The first-order chi connectivity index (χ1) is 8.38. The molecule has 2 heterocycles. The molecule has 2 aromatic rings. The topological polar surface area (TPSA) is 58.4 Å². The summed E-state index contributed by atoms with van der Waals surface area (Å²) in [7, 11) is 0. The Balaban J connectivity index is 2.02. The van der Waals surface area contributed by atoms with Gasteiger partial charge in [-0.3, -0.25) is 4.79 Å². The molecule has 5 nitrogen and oxygen atoms in total. The monoisotopic (exact) mass is 231 g/mol. The summed E-state index contributed by atoms with van der Waals surface area (Å²) in [5, 5.41) is 8.37. The Labute approximate surface area is 98.4 Å². The summed E-state index contributed by atoms with van der Waals surface area (Å²) in [5.41, 5.74) is 1.28. The third-order valence-corrected chi connectivity index (χ3v) is 3.03. The molecule has 1 aromatic heterocycles. The average Bonchev–Trinajstić information content (AvgIpc) is 2.82. The molecule has 1 aliphatic heterocycles. The van der Waals surface area contributed by atoms with E-state index in [1.54, 1.807) is 12.1 Å². The molecule has 0 amide bonds. The molecular weight excluding hydrogens is 218 g/mol. The van der Waals surface area contributed by atoms with Gasteiger partial charge in [-0.25, -0.2) is 0 Å². The lowest BCUT2D eigenvalue weighted by Crippen LogP contribution is -2.43. The Morgan fingerprint density at radius 2 is 2.18 bits per heavy atom. The zero-order valence-electron chi connectivity index (χ0n) is 9.35. The highest BCUT2D eigenvalue weighted by atomic mass is 16.5. The van der Waals surface area contributed by atoms with Crippen LogP contribution in [-0.2, 0) is 0 Å². The first-order valence-electron chi connectivity index (χ1n) is 5.69. The number of carbonyl (C=O) groups is 1. The Bertz CT molecular complexity index is 544. The van der Waals surface area contributed by atoms with E-state index < -0.39 is 0 Å². The lowest BCUT2D eigenvalue weighted by atomic mass is 10.2. The van der Waals surface area contributed by atoms with Crippen molar-refractivity contribution in [3.8, 4) is 0 Å². The van der Waals surface area contributed by atoms with Crippen molar-refractivity contribution in [2.24, 2.45) is 0 Å². The average molecular weight is 231 g/mol. The summed E-state index contributed by atoms with van der Waals surface area (Å²) in [4.78, 5) is 12.9. The largest absolute Gasteiger partial charge is 0.354 e. The third kappa shape index (κ3) is 1.78. The third-order valence-electron chi connectivity index (χ3n) is 3.03. The van der Waals surface area contributed by atoms with E-state index >= 15 is 0 Å². The number of carbonyl (C=O) groups excluding carboxylic acids is 1. The van der Waals surface area contributed by atoms with E-state index in [9.17, 15) is 4.79 Å². The molecule has 88 valence electrons. The van der Waals surface area contributed by atoms with E-state index in [1.807, 2.05) is 6.07 Å². The molecular formula is C12H13N3O2. The second-order valence-electron chi connectivity index (χ2n) is 4.12. The Morgan fingerprint density at radius 3 is 2.94 bits per heavy atom. The van der Waals surface area contributed by atoms with Gasteiger partial charge in [0, 0.05) is 31.7 Å². The van der Waals surface area contributed by atoms with Gasteiger partial charge in [0.1, 0.15) is 6.29 Å². The van der Waals surface area contributed by atoms with E-state index in [-0.39, 0.29) is 0 Å². The maximum atomic E-state index is 10.7. The molecule has 0 bridgehead atoms. The SMILES string of the molecule is O=Cc1ccc2c(N3CCNCC3)noc2c1. The van der Waals surface area contributed by atoms with E-state index in [1.165, 1.54) is 0 Å². The van der Waals surface area contributed by atoms with Gasteiger partial charge in [-0.2, -0.15) is 0 Å². The molecule has 17 heavy (non-hydrogen) atoms. The summed E-state index contributed by atoms with van der Waals surface area (Å²) in [6.45, 7) is 3.77. The molecule has 5 heteroatoms. The number of aldehydes is 1. The maximum absolute atomic E-state index is 10.7. The lowest BCUT2D eigenvalue weighted by Gasteiger charge is -2.26. The van der Waals surface area contributed by atoms with Crippen LogP contribution in [0.15, 0.2) is 22.7 Å². The van der Waals surface area contributed by atoms with Crippen LogP contribution in [0.2, 0.25) is 0 Å². The van der Waals surface area contributed by atoms with Crippen molar-refractivity contribution in [3.05, 3.63) is 23.8 Å².